The van der Waals surface area contributed by atoms with Crippen molar-refractivity contribution in [3.8, 4) is 5.75 Å². The Morgan fingerprint density at radius 3 is 2.59 bits per heavy atom. The minimum absolute atomic E-state index is 0.0912. The van der Waals surface area contributed by atoms with Gasteiger partial charge in [-0.2, -0.15) is 0 Å². The number of hydrogen-bond acceptors (Lipinski definition) is 3. The highest BCUT2D eigenvalue weighted by atomic mass is 16.5. The molecule has 1 rings (SSSR count). The second-order valence-electron chi connectivity index (χ2n) is 6.12. The van der Waals surface area contributed by atoms with Gasteiger partial charge in [-0.15, -0.1) is 0 Å². The summed E-state index contributed by atoms with van der Waals surface area (Å²) in [5.41, 5.74) is 7.07. The van der Waals surface area contributed by atoms with Gasteiger partial charge in [0.2, 0.25) is 0 Å². The summed E-state index contributed by atoms with van der Waals surface area (Å²) in [6.07, 6.45) is 6.00. The third kappa shape index (κ3) is 6.83. The second kappa shape index (κ2) is 10.1. The van der Waals surface area contributed by atoms with Gasteiger partial charge < -0.3 is 15.8 Å². The highest BCUT2D eigenvalue weighted by Crippen LogP contribution is 2.23. The molecule has 0 saturated heterocycles. The van der Waals surface area contributed by atoms with Crippen LogP contribution in [-0.4, -0.2) is 19.1 Å². The van der Waals surface area contributed by atoms with Crippen molar-refractivity contribution in [1.82, 2.24) is 5.32 Å². The van der Waals surface area contributed by atoms with E-state index >= 15 is 0 Å². The SMILES string of the molecule is CCCCCCCOc1ccc(C(=O)NCC(C)C)cc1N. The van der Waals surface area contributed by atoms with Crippen LogP contribution < -0.4 is 15.8 Å². The third-order valence-corrected chi connectivity index (χ3v) is 3.45. The fourth-order valence-corrected chi connectivity index (χ4v) is 2.11. The highest BCUT2D eigenvalue weighted by Gasteiger charge is 2.09. The van der Waals surface area contributed by atoms with Gasteiger partial charge in [-0.25, -0.2) is 0 Å². The molecular weight excluding hydrogens is 276 g/mol. The molecule has 0 bridgehead atoms. The average Bonchev–Trinajstić information content (AvgIpc) is 2.49. The number of nitrogens with one attached hydrogen (secondary N) is 1. The summed E-state index contributed by atoms with van der Waals surface area (Å²) < 4.78 is 5.69. The summed E-state index contributed by atoms with van der Waals surface area (Å²) in [6.45, 7) is 7.66. The van der Waals surface area contributed by atoms with E-state index in [9.17, 15) is 4.79 Å². The van der Waals surface area contributed by atoms with E-state index in [2.05, 4.69) is 26.1 Å². The lowest BCUT2D eigenvalue weighted by Gasteiger charge is -2.11. The molecular formula is C18H30N2O2. The van der Waals surface area contributed by atoms with Gasteiger partial charge in [0.05, 0.1) is 12.3 Å². The first-order valence-electron chi connectivity index (χ1n) is 8.35. The van der Waals surface area contributed by atoms with Crippen LogP contribution >= 0.6 is 0 Å². The molecule has 0 radical (unpaired) electrons. The van der Waals surface area contributed by atoms with Crippen LogP contribution in [-0.2, 0) is 0 Å². The fourth-order valence-electron chi connectivity index (χ4n) is 2.11. The minimum atomic E-state index is -0.0912. The quantitative estimate of drug-likeness (QED) is 0.507. The fraction of sp³-hybridized carbons (Fsp3) is 0.611. The van der Waals surface area contributed by atoms with Crippen LogP contribution in [0.2, 0.25) is 0 Å². The number of rotatable bonds is 10. The lowest BCUT2D eigenvalue weighted by Crippen LogP contribution is -2.27. The van der Waals surface area contributed by atoms with Gasteiger partial charge in [0.25, 0.3) is 5.91 Å². The molecule has 22 heavy (non-hydrogen) atoms. The molecule has 0 unspecified atom stereocenters. The van der Waals surface area contributed by atoms with Crippen LogP contribution in [0.1, 0.15) is 63.2 Å². The van der Waals surface area contributed by atoms with Gasteiger partial charge in [-0.05, 0) is 30.5 Å². The van der Waals surface area contributed by atoms with E-state index < -0.39 is 0 Å². The molecule has 0 saturated carbocycles. The number of hydrogen-bond donors (Lipinski definition) is 2. The van der Waals surface area contributed by atoms with E-state index in [0.29, 0.717) is 36.1 Å². The van der Waals surface area contributed by atoms with Crippen LogP contribution in [0.5, 0.6) is 5.75 Å². The Bertz CT molecular complexity index is 458. The number of nitrogens with two attached hydrogens (primary N) is 1. The summed E-state index contributed by atoms with van der Waals surface area (Å²) in [6, 6.07) is 5.23. The van der Waals surface area contributed by atoms with Crippen LogP contribution in [0.25, 0.3) is 0 Å². The van der Waals surface area contributed by atoms with Gasteiger partial charge in [0.15, 0.2) is 0 Å². The second-order valence-corrected chi connectivity index (χ2v) is 6.12. The number of unbranched alkanes of at least 4 members (excludes halogenated alkanes) is 4. The van der Waals surface area contributed by atoms with Gasteiger partial charge in [0.1, 0.15) is 5.75 Å². The number of nitrogen functional groups attached to an aromatic ring is 1. The maximum atomic E-state index is 12.0. The molecule has 0 aliphatic heterocycles. The lowest BCUT2D eigenvalue weighted by atomic mass is 10.1. The van der Waals surface area contributed by atoms with Gasteiger partial charge in [-0.3, -0.25) is 4.79 Å². The summed E-state index contributed by atoms with van der Waals surface area (Å²) >= 11 is 0. The lowest BCUT2D eigenvalue weighted by molar-refractivity contribution is 0.0949. The Kier molecular flexibility index (Phi) is 8.41. The Morgan fingerprint density at radius 2 is 1.95 bits per heavy atom. The van der Waals surface area contributed by atoms with E-state index in [-0.39, 0.29) is 5.91 Å². The molecule has 124 valence electrons. The van der Waals surface area contributed by atoms with E-state index in [1.54, 1.807) is 18.2 Å². The van der Waals surface area contributed by atoms with Crippen LogP contribution in [0.15, 0.2) is 18.2 Å². The van der Waals surface area contributed by atoms with Crippen molar-refractivity contribution in [3.63, 3.8) is 0 Å². The number of anilines is 1. The van der Waals surface area contributed by atoms with Gasteiger partial charge in [0, 0.05) is 12.1 Å². The molecule has 0 atom stereocenters. The number of ether oxygens (including phenoxy) is 1. The van der Waals surface area contributed by atoms with Crippen LogP contribution in [0.4, 0.5) is 5.69 Å². The maximum absolute atomic E-state index is 12.0. The number of benzene rings is 1. The normalized spacial score (nSPS) is 10.7. The molecule has 0 aliphatic rings. The summed E-state index contributed by atoms with van der Waals surface area (Å²) in [5.74, 6) is 0.999. The predicted octanol–water partition coefficient (Wildman–Crippen LogP) is 4.00. The Morgan fingerprint density at radius 1 is 1.23 bits per heavy atom. The zero-order valence-electron chi connectivity index (χ0n) is 14.2. The Labute approximate surface area is 134 Å². The molecule has 1 amide bonds. The molecule has 4 nitrogen and oxygen atoms in total. The first-order valence-corrected chi connectivity index (χ1v) is 8.35. The van der Waals surface area contributed by atoms with Crippen molar-refractivity contribution in [2.45, 2.75) is 52.9 Å². The van der Waals surface area contributed by atoms with Gasteiger partial charge >= 0.3 is 0 Å². The Hall–Kier alpha value is -1.71. The Balaban J connectivity index is 2.43. The number of carbonyl (C=O) groups excluding carboxylic acids is 1. The molecule has 3 N–H and O–H groups in total. The smallest absolute Gasteiger partial charge is 0.251 e. The molecule has 1 aromatic carbocycles. The first kappa shape index (κ1) is 18.3. The number of carbonyl (C=O) groups is 1. The van der Waals surface area contributed by atoms with Crippen molar-refractivity contribution in [1.29, 1.82) is 0 Å². The van der Waals surface area contributed by atoms with E-state index in [0.717, 1.165) is 6.42 Å². The monoisotopic (exact) mass is 306 g/mol. The molecule has 4 heteroatoms. The number of amides is 1. The zero-order chi connectivity index (χ0) is 16.4. The largest absolute Gasteiger partial charge is 0.491 e. The minimum Gasteiger partial charge on any atom is -0.491 e. The molecule has 0 aromatic heterocycles. The highest BCUT2D eigenvalue weighted by molar-refractivity contribution is 5.95. The van der Waals surface area contributed by atoms with Crippen molar-refractivity contribution in [2.75, 3.05) is 18.9 Å². The summed E-state index contributed by atoms with van der Waals surface area (Å²) in [7, 11) is 0. The van der Waals surface area contributed by atoms with Crippen molar-refractivity contribution in [3.05, 3.63) is 23.8 Å². The summed E-state index contributed by atoms with van der Waals surface area (Å²) in [5, 5.41) is 2.88. The average molecular weight is 306 g/mol. The first-order chi connectivity index (χ1) is 10.5. The zero-order valence-corrected chi connectivity index (χ0v) is 14.2. The molecule has 0 heterocycles. The predicted molar refractivity (Wildman–Crippen MR) is 92.3 cm³/mol. The van der Waals surface area contributed by atoms with Crippen molar-refractivity contribution >= 4 is 11.6 Å². The van der Waals surface area contributed by atoms with Crippen molar-refractivity contribution in [2.24, 2.45) is 5.92 Å². The van der Waals surface area contributed by atoms with Gasteiger partial charge in [-0.1, -0.05) is 46.5 Å². The molecule has 0 aliphatic carbocycles. The molecule has 0 spiro atoms. The maximum Gasteiger partial charge on any atom is 0.251 e. The van der Waals surface area contributed by atoms with E-state index in [1.165, 1.54) is 25.7 Å². The molecule has 1 aromatic rings. The van der Waals surface area contributed by atoms with Crippen LogP contribution in [0.3, 0.4) is 0 Å². The van der Waals surface area contributed by atoms with E-state index in [4.69, 9.17) is 10.5 Å². The standard InChI is InChI=1S/C18H30N2O2/c1-4-5-6-7-8-11-22-17-10-9-15(12-16(17)19)18(21)20-13-14(2)3/h9-10,12,14H,4-8,11,13,19H2,1-3H3,(H,20,21). The van der Waals surface area contributed by atoms with Crippen LogP contribution in [0, 0.1) is 5.92 Å². The molecule has 0 fully saturated rings. The third-order valence-electron chi connectivity index (χ3n) is 3.45. The summed E-state index contributed by atoms with van der Waals surface area (Å²) in [4.78, 5) is 12.0. The van der Waals surface area contributed by atoms with E-state index in [1.807, 2.05) is 0 Å². The topological polar surface area (TPSA) is 64.3 Å². The van der Waals surface area contributed by atoms with Crippen molar-refractivity contribution < 1.29 is 9.53 Å².